The van der Waals surface area contributed by atoms with Gasteiger partial charge in [-0.1, -0.05) is 30.9 Å². The first-order valence-electron chi connectivity index (χ1n) is 8.15. The van der Waals surface area contributed by atoms with Crippen molar-refractivity contribution in [2.75, 3.05) is 40.3 Å². The molecule has 0 spiro atoms. The maximum atomic E-state index is 5.67. The van der Waals surface area contributed by atoms with Crippen molar-refractivity contribution < 1.29 is 4.74 Å². The molecule has 5 nitrogen and oxygen atoms in total. The topological polar surface area (TPSA) is 48.9 Å². The van der Waals surface area contributed by atoms with Gasteiger partial charge in [0.1, 0.15) is 12.4 Å². The minimum absolute atomic E-state index is 0.504. The molecule has 0 saturated carbocycles. The summed E-state index contributed by atoms with van der Waals surface area (Å²) >= 11 is 0. The van der Waals surface area contributed by atoms with Crippen molar-refractivity contribution >= 4 is 5.96 Å². The highest BCUT2D eigenvalue weighted by molar-refractivity contribution is 5.79. The lowest BCUT2D eigenvalue weighted by Crippen LogP contribution is -2.38. The summed E-state index contributed by atoms with van der Waals surface area (Å²) in [5.41, 5.74) is 1.07. The van der Waals surface area contributed by atoms with E-state index in [9.17, 15) is 0 Å². The lowest BCUT2D eigenvalue weighted by molar-refractivity contribution is 0.359. The fourth-order valence-corrected chi connectivity index (χ4v) is 2.03. The second-order valence-electron chi connectivity index (χ2n) is 5.49. The fraction of sp³-hybridized carbons (Fsp3) is 0.500. The molecule has 0 amide bonds. The third kappa shape index (κ3) is 8.26. The van der Waals surface area contributed by atoms with Crippen LogP contribution in [0.15, 0.2) is 41.9 Å². The Hall–Kier alpha value is -2.01. The van der Waals surface area contributed by atoms with E-state index in [-0.39, 0.29) is 0 Å². The van der Waals surface area contributed by atoms with Crippen LogP contribution in [0, 0.1) is 0 Å². The van der Waals surface area contributed by atoms with Crippen molar-refractivity contribution in [2.24, 2.45) is 4.99 Å². The van der Waals surface area contributed by atoms with Gasteiger partial charge in [0.15, 0.2) is 5.96 Å². The monoisotopic (exact) mass is 318 g/mol. The molecule has 2 N–H and O–H groups in total. The van der Waals surface area contributed by atoms with E-state index < -0.39 is 0 Å². The minimum atomic E-state index is 0.504. The average Bonchev–Trinajstić information content (AvgIpc) is 2.55. The number of hydrogen-bond donors (Lipinski definition) is 2. The van der Waals surface area contributed by atoms with Gasteiger partial charge < -0.3 is 20.3 Å². The molecule has 0 radical (unpaired) electrons. The Labute approximate surface area is 140 Å². The van der Waals surface area contributed by atoms with Crippen molar-refractivity contribution in [1.82, 2.24) is 15.5 Å². The Morgan fingerprint density at radius 1 is 1.30 bits per heavy atom. The van der Waals surface area contributed by atoms with E-state index in [1.54, 1.807) is 6.08 Å². The molecule has 5 heteroatoms. The van der Waals surface area contributed by atoms with E-state index in [1.807, 2.05) is 24.3 Å². The van der Waals surface area contributed by atoms with Crippen molar-refractivity contribution in [2.45, 2.75) is 19.9 Å². The largest absolute Gasteiger partial charge is 0.489 e. The molecular formula is C18H30N4O. The third-order valence-electron chi connectivity index (χ3n) is 3.16. The summed E-state index contributed by atoms with van der Waals surface area (Å²) in [5, 5.41) is 6.64. The van der Waals surface area contributed by atoms with Gasteiger partial charge in [-0.15, -0.1) is 0 Å². The summed E-state index contributed by atoms with van der Waals surface area (Å²) in [5.74, 6) is 1.70. The van der Waals surface area contributed by atoms with Gasteiger partial charge in [-0.3, -0.25) is 0 Å². The van der Waals surface area contributed by atoms with Crippen LogP contribution in [0.5, 0.6) is 5.75 Å². The Balaban J connectivity index is 2.60. The van der Waals surface area contributed by atoms with Gasteiger partial charge in [-0.05, 0) is 40.1 Å². The zero-order valence-electron chi connectivity index (χ0n) is 14.6. The molecule has 0 saturated heterocycles. The zero-order chi connectivity index (χ0) is 16.9. The average molecular weight is 318 g/mol. The van der Waals surface area contributed by atoms with E-state index in [0.717, 1.165) is 43.3 Å². The predicted molar refractivity (Wildman–Crippen MR) is 98.1 cm³/mol. The quantitative estimate of drug-likeness (QED) is 0.301. The van der Waals surface area contributed by atoms with Gasteiger partial charge in [0.25, 0.3) is 0 Å². The Bertz CT molecular complexity index is 486. The summed E-state index contributed by atoms with van der Waals surface area (Å²) in [6.45, 7) is 9.64. The van der Waals surface area contributed by atoms with Crippen LogP contribution >= 0.6 is 0 Å². The Kier molecular flexibility index (Phi) is 9.55. The maximum absolute atomic E-state index is 5.67. The number of nitrogens with zero attached hydrogens (tertiary/aromatic N) is 2. The summed E-state index contributed by atoms with van der Waals surface area (Å²) in [6.07, 6.45) is 2.83. The SMILES string of the molecule is C=CCOc1ccccc1CN=C(NCC)NCCCN(C)C. The molecule has 0 aliphatic carbocycles. The molecule has 1 aromatic rings. The number of hydrogen-bond acceptors (Lipinski definition) is 3. The highest BCUT2D eigenvalue weighted by Crippen LogP contribution is 2.18. The van der Waals surface area contributed by atoms with Crippen LogP contribution in [0.4, 0.5) is 0 Å². The molecule has 0 bridgehead atoms. The molecule has 128 valence electrons. The second-order valence-corrected chi connectivity index (χ2v) is 5.49. The second kappa shape index (κ2) is 11.5. The molecule has 0 atom stereocenters. The van der Waals surface area contributed by atoms with Gasteiger partial charge in [0.05, 0.1) is 6.54 Å². The molecule has 0 fully saturated rings. The first-order valence-corrected chi connectivity index (χ1v) is 8.15. The predicted octanol–water partition coefficient (Wildman–Crippen LogP) is 2.26. The smallest absolute Gasteiger partial charge is 0.191 e. The molecule has 0 unspecified atom stereocenters. The molecule has 23 heavy (non-hydrogen) atoms. The van der Waals surface area contributed by atoms with Crippen molar-refractivity contribution in [3.63, 3.8) is 0 Å². The molecule has 0 aliphatic heterocycles. The standard InChI is InChI=1S/C18H30N4O/c1-5-14-23-17-11-8-7-10-16(17)15-21-18(19-6-2)20-12-9-13-22(3)4/h5,7-8,10-11H,1,6,9,12-15H2,2-4H3,(H2,19,20,21). The summed E-state index contributed by atoms with van der Waals surface area (Å²) in [7, 11) is 4.17. The number of guanidine groups is 1. The summed E-state index contributed by atoms with van der Waals surface area (Å²) < 4.78 is 5.67. The van der Waals surface area contributed by atoms with Crippen LogP contribution in [0.1, 0.15) is 18.9 Å². The lowest BCUT2D eigenvalue weighted by Gasteiger charge is -2.14. The molecule has 1 aromatic carbocycles. The first kappa shape index (κ1) is 19.0. The summed E-state index contributed by atoms with van der Waals surface area (Å²) in [6, 6.07) is 7.97. The van der Waals surface area contributed by atoms with Gasteiger partial charge in [-0.25, -0.2) is 4.99 Å². The van der Waals surface area contributed by atoms with Crippen molar-refractivity contribution in [3.05, 3.63) is 42.5 Å². The highest BCUT2D eigenvalue weighted by Gasteiger charge is 2.03. The van der Waals surface area contributed by atoms with Crippen molar-refractivity contribution in [3.8, 4) is 5.75 Å². The lowest BCUT2D eigenvalue weighted by atomic mass is 10.2. The van der Waals surface area contributed by atoms with Crippen LogP contribution in [0.25, 0.3) is 0 Å². The van der Waals surface area contributed by atoms with E-state index in [0.29, 0.717) is 13.2 Å². The van der Waals surface area contributed by atoms with Crippen LogP contribution in [0.3, 0.4) is 0 Å². The van der Waals surface area contributed by atoms with Crippen LogP contribution in [-0.2, 0) is 6.54 Å². The van der Waals surface area contributed by atoms with Gasteiger partial charge in [0.2, 0.25) is 0 Å². The number of nitrogens with one attached hydrogen (secondary N) is 2. The number of para-hydroxylation sites is 1. The number of ether oxygens (including phenoxy) is 1. The zero-order valence-corrected chi connectivity index (χ0v) is 14.6. The molecule has 0 aromatic heterocycles. The maximum Gasteiger partial charge on any atom is 0.191 e. The van der Waals surface area contributed by atoms with Crippen LogP contribution < -0.4 is 15.4 Å². The van der Waals surface area contributed by atoms with E-state index in [2.05, 4.69) is 48.1 Å². The minimum Gasteiger partial charge on any atom is -0.489 e. The van der Waals surface area contributed by atoms with Gasteiger partial charge >= 0.3 is 0 Å². The van der Waals surface area contributed by atoms with Crippen molar-refractivity contribution in [1.29, 1.82) is 0 Å². The third-order valence-corrected chi connectivity index (χ3v) is 3.16. The molecule has 0 heterocycles. The Morgan fingerprint density at radius 3 is 2.78 bits per heavy atom. The first-order chi connectivity index (χ1) is 11.2. The number of aliphatic imine (C=N–C) groups is 1. The summed E-state index contributed by atoms with van der Waals surface area (Å²) in [4.78, 5) is 6.82. The normalized spacial score (nSPS) is 11.4. The van der Waals surface area contributed by atoms with E-state index in [4.69, 9.17) is 4.74 Å². The molecular weight excluding hydrogens is 288 g/mol. The number of benzene rings is 1. The van der Waals surface area contributed by atoms with Crippen LogP contribution in [-0.4, -0.2) is 51.2 Å². The number of rotatable bonds is 10. The van der Waals surface area contributed by atoms with E-state index in [1.165, 1.54) is 0 Å². The molecule has 1 rings (SSSR count). The molecule has 0 aliphatic rings. The van der Waals surface area contributed by atoms with E-state index >= 15 is 0 Å². The van der Waals surface area contributed by atoms with Crippen LogP contribution in [0.2, 0.25) is 0 Å². The van der Waals surface area contributed by atoms with Gasteiger partial charge in [-0.2, -0.15) is 0 Å². The Morgan fingerprint density at radius 2 is 2.09 bits per heavy atom. The van der Waals surface area contributed by atoms with Gasteiger partial charge in [0, 0.05) is 18.7 Å². The fourth-order valence-electron chi connectivity index (χ4n) is 2.03. The highest BCUT2D eigenvalue weighted by atomic mass is 16.5.